The lowest BCUT2D eigenvalue weighted by atomic mass is 9.86. The third-order valence-corrected chi connectivity index (χ3v) is 3.28. The second-order valence-corrected chi connectivity index (χ2v) is 4.78. The van der Waals surface area contributed by atoms with Gasteiger partial charge in [-0.3, -0.25) is 0 Å². The van der Waals surface area contributed by atoms with Crippen LogP contribution >= 0.6 is 0 Å². The fraction of sp³-hybridized carbons (Fsp3) is 0.667. The Hall–Kier alpha value is -0.840. The van der Waals surface area contributed by atoms with Gasteiger partial charge < -0.3 is 20.2 Å². The molecule has 0 aliphatic carbocycles. The molecule has 2 atom stereocenters. The molecular weight excluding hydrogens is 204 g/mol. The van der Waals surface area contributed by atoms with Gasteiger partial charge in [-0.15, -0.1) is 0 Å². The van der Waals surface area contributed by atoms with E-state index in [1.807, 2.05) is 12.1 Å². The van der Waals surface area contributed by atoms with E-state index in [0.29, 0.717) is 6.61 Å². The number of rotatable bonds is 5. The summed E-state index contributed by atoms with van der Waals surface area (Å²) in [4.78, 5) is 0. The van der Waals surface area contributed by atoms with Gasteiger partial charge in [-0.2, -0.15) is 0 Å². The van der Waals surface area contributed by atoms with Crippen LogP contribution in [0.4, 0.5) is 0 Å². The van der Waals surface area contributed by atoms with Crippen molar-refractivity contribution < 1.29 is 9.15 Å². The molecule has 4 heteroatoms. The molecule has 16 heavy (non-hydrogen) atoms. The monoisotopic (exact) mass is 224 g/mol. The number of furan rings is 1. The Morgan fingerprint density at radius 1 is 1.62 bits per heavy atom. The van der Waals surface area contributed by atoms with Gasteiger partial charge in [0.05, 0.1) is 19.5 Å². The molecule has 1 aromatic rings. The molecule has 1 saturated heterocycles. The Kier molecular flexibility index (Phi) is 3.63. The largest absolute Gasteiger partial charge is 0.469 e. The van der Waals surface area contributed by atoms with Crippen molar-refractivity contribution in [1.29, 1.82) is 0 Å². The maximum absolute atomic E-state index is 6.01. The van der Waals surface area contributed by atoms with Crippen LogP contribution in [0.1, 0.15) is 12.7 Å². The zero-order valence-corrected chi connectivity index (χ0v) is 9.74. The van der Waals surface area contributed by atoms with E-state index in [0.717, 1.165) is 31.9 Å². The zero-order valence-electron chi connectivity index (χ0n) is 9.74. The van der Waals surface area contributed by atoms with Crippen LogP contribution in [0.25, 0.3) is 0 Å². The molecule has 0 aromatic carbocycles. The molecule has 2 rings (SSSR count). The SMILES string of the molecule is CC1(CNCCc2ccco2)COCC1N. The third-order valence-electron chi connectivity index (χ3n) is 3.28. The molecule has 0 radical (unpaired) electrons. The Bertz CT molecular complexity index is 313. The predicted octanol–water partition coefficient (Wildman–Crippen LogP) is 0.775. The highest BCUT2D eigenvalue weighted by Gasteiger charge is 2.36. The van der Waals surface area contributed by atoms with E-state index >= 15 is 0 Å². The topological polar surface area (TPSA) is 60.4 Å². The van der Waals surface area contributed by atoms with Crippen LogP contribution in [0.5, 0.6) is 0 Å². The lowest BCUT2D eigenvalue weighted by Crippen LogP contribution is -2.45. The smallest absolute Gasteiger partial charge is 0.105 e. The highest BCUT2D eigenvalue weighted by atomic mass is 16.5. The molecule has 0 spiro atoms. The summed E-state index contributed by atoms with van der Waals surface area (Å²) in [5, 5.41) is 3.42. The van der Waals surface area contributed by atoms with E-state index in [1.165, 1.54) is 0 Å². The molecular formula is C12H20N2O2. The van der Waals surface area contributed by atoms with Crippen molar-refractivity contribution in [3.05, 3.63) is 24.2 Å². The highest BCUT2D eigenvalue weighted by molar-refractivity contribution is 4.98. The first-order valence-corrected chi connectivity index (χ1v) is 5.77. The van der Waals surface area contributed by atoms with Crippen LogP contribution < -0.4 is 11.1 Å². The summed E-state index contributed by atoms with van der Waals surface area (Å²) in [6, 6.07) is 4.05. The van der Waals surface area contributed by atoms with E-state index in [9.17, 15) is 0 Å². The number of nitrogens with two attached hydrogens (primary N) is 1. The summed E-state index contributed by atoms with van der Waals surface area (Å²) in [6.07, 6.45) is 2.62. The molecule has 0 bridgehead atoms. The van der Waals surface area contributed by atoms with Crippen molar-refractivity contribution in [2.75, 3.05) is 26.3 Å². The van der Waals surface area contributed by atoms with Crippen molar-refractivity contribution in [2.24, 2.45) is 11.1 Å². The van der Waals surface area contributed by atoms with E-state index in [4.69, 9.17) is 14.9 Å². The predicted molar refractivity (Wildman–Crippen MR) is 62.2 cm³/mol. The van der Waals surface area contributed by atoms with E-state index in [1.54, 1.807) is 6.26 Å². The van der Waals surface area contributed by atoms with Crippen molar-refractivity contribution in [2.45, 2.75) is 19.4 Å². The minimum atomic E-state index is 0.0726. The highest BCUT2D eigenvalue weighted by Crippen LogP contribution is 2.25. The first kappa shape index (κ1) is 11.6. The normalized spacial score (nSPS) is 29.8. The fourth-order valence-corrected chi connectivity index (χ4v) is 1.95. The lowest BCUT2D eigenvalue weighted by Gasteiger charge is -2.27. The summed E-state index contributed by atoms with van der Waals surface area (Å²) >= 11 is 0. The molecule has 2 heterocycles. The molecule has 1 fully saturated rings. The molecule has 1 aliphatic rings. The van der Waals surface area contributed by atoms with E-state index < -0.39 is 0 Å². The average Bonchev–Trinajstić information content (AvgIpc) is 2.86. The number of hydrogen-bond acceptors (Lipinski definition) is 4. The molecule has 2 unspecified atom stereocenters. The van der Waals surface area contributed by atoms with Gasteiger partial charge in [0.15, 0.2) is 0 Å². The summed E-state index contributed by atoms with van der Waals surface area (Å²) in [5.74, 6) is 1.02. The molecule has 3 N–H and O–H groups in total. The first-order chi connectivity index (χ1) is 7.71. The van der Waals surface area contributed by atoms with Crippen molar-refractivity contribution in [3.8, 4) is 0 Å². The summed E-state index contributed by atoms with van der Waals surface area (Å²) in [5.41, 5.74) is 6.08. The van der Waals surface area contributed by atoms with Crippen LogP contribution in [-0.2, 0) is 11.2 Å². The van der Waals surface area contributed by atoms with Crippen molar-refractivity contribution >= 4 is 0 Å². The molecule has 0 amide bonds. The van der Waals surface area contributed by atoms with Gasteiger partial charge in [0, 0.05) is 31.0 Å². The Morgan fingerprint density at radius 2 is 2.50 bits per heavy atom. The van der Waals surface area contributed by atoms with Crippen LogP contribution in [0.3, 0.4) is 0 Å². The van der Waals surface area contributed by atoms with Crippen molar-refractivity contribution in [3.63, 3.8) is 0 Å². The number of hydrogen-bond donors (Lipinski definition) is 2. The minimum Gasteiger partial charge on any atom is -0.469 e. The van der Waals surface area contributed by atoms with Crippen LogP contribution in [0.15, 0.2) is 22.8 Å². The second kappa shape index (κ2) is 4.99. The average molecular weight is 224 g/mol. The van der Waals surface area contributed by atoms with Gasteiger partial charge in [-0.05, 0) is 12.1 Å². The maximum Gasteiger partial charge on any atom is 0.105 e. The third kappa shape index (κ3) is 2.64. The van der Waals surface area contributed by atoms with Gasteiger partial charge in [-0.1, -0.05) is 6.92 Å². The van der Waals surface area contributed by atoms with Gasteiger partial charge >= 0.3 is 0 Å². The summed E-state index contributed by atoms with van der Waals surface area (Å²) in [6.45, 7) is 5.41. The molecule has 1 aromatic heterocycles. The standard InChI is InChI=1S/C12H20N2O2/c1-12(9-15-7-11(12)13)8-14-5-4-10-3-2-6-16-10/h2-3,6,11,14H,4-5,7-9,13H2,1H3. The van der Waals surface area contributed by atoms with Gasteiger partial charge in [0.1, 0.15) is 5.76 Å². The number of nitrogens with one attached hydrogen (secondary N) is 1. The Balaban J connectivity index is 1.68. The quantitative estimate of drug-likeness (QED) is 0.725. The van der Waals surface area contributed by atoms with E-state index in [2.05, 4.69) is 12.2 Å². The van der Waals surface area contributed by atoms with Crippen LogP contribution in [0.2, 0.25) is 0 Å². The van der Waals surface area contributed by atoms with Gasteiger partial charge in [0.2, 0.25) is 0 Å². The zero-order chi connectivity index (χ0) is 11.4. The first-order valence-electron chi connectivity index (χ1n) is 5.77. The minimum absolute atomic E-state index is 0.0726. The van der Waals surface area contributed by atoms with Gasteiger partial charge in [-0.25, -0.2) is 0 Å². The number of ether oxygens (including phenoxy) is 1. The maximum atomic E-state index is 6.01. The lowest BCUT2D eigenvalue weighted by molar-refractivity contribution is 0.158. The molecule has 90 valence electrons. The molecule has 1 aliphatic heterocycles. The summed E-state index contributed by atoms with van der Waals surface area (Å²) < 4.78 is 10.7. The Labute approximate surface area is 96.1 Å². The van der Waals surface area contributed by atoms with Crippen LogP contribution in [-0.4, -0.2) is 32.3 Å². The van der Waals surface area contributed by atoms with Gasteiger partial charge in [0.25, 0.3) is 0 Å². The second-order valence-electron chi connectivity index (χ2n) is 4.78. The van der Waals surface area contributed by atoms with Crippen LogP contribution in [0, 0.1) is 5.41 Å². The van der Waals surface area contributed by atoms with E-state index in [-0.39, 0.29) is 11.5 Å². The molecule has 0 saturated carbocycles. The summed E-state index contributed by atoms with van der Waals surface area (Å²) in [7, 11) is 0. The Morgan fingerprint density at radius 3 is 3.12 bits per heavy atom. The fourth-order valence-electron chi connectivity index (χ4n) is 1.95. The molecule has 4 nitrogen and oxygen atoms in total. The van der Waals surface area contributed by atoms with Crippen molar-refractivity contribution in [1.82, 2.24) is 5.32 Å².